The molecule has 3 aromatic carbocycles. The normalized spacial score (nSPS) is 17.7. The largest absolute Gasteiger partial charge is 0.445 e. The van der Waals surface area contributed by atoms with E-state index in [0.29, 0.717) is 36.9 Å². The Balaban J connectivity index is 1.24. The summed E-state index contributed by atoms with van der Waals surface area (Å²) in [6.07, 6.45) is 0.823. The second kappa shape index (κ2) is 20.4. The molecule has 15 nitrogen and oxygen atoms in total. The molecule has 1 aromatic heterocycles. The number of nitrogens with zero attached hydrogens (tertiary/aromatic N) is 3. The van der Waals surface area contributed by atoms with Crippen LogP contribution in [-0.4, -0.2) is 101 Å². The number of ketones is 2. The van der Waals surface area contributed by atoms with Gasteiger partial charge in [-0.05, 0) is 55.5 Å². The van der Waals surface area contributed by atoms with E-state index < -0.39 is 54.0 Å². The fourth-order valence-corrected chi connectivity index (χ4v) is 7.18. The van der Waals surface area contributed by atoms with Crippen LogP contribution in [0.3, 0.4) is 0 Å². The summed E-state index contributed by atoms with van der Waals surface area (Å²) in [5.41, 5.74) is 8.31. The van der Waals surface area contributed by atoms with Crippen molar-refractivity contribution in [1.29, 1.82) is 0 Å². The zero-order valence-corrected chi connectivity index (χ0v) is 32.4. The second-order valence-electron chi connectivity index (χ2n) is 14.6. The summed E-state index contributed by atoms with van der Waals surface area (Å²) < 4.78 is 17.1. The number of carbonyl (C=O) groups is 6. The summed E-state index contributed by atoms with van der Waals surface area (Å²) in [4.78, 5) is 88.3. The van der Waals surface area contributed by atoms with E-state index in [1.165, 1.54) is 9.80 Å². The van der Waals surface area contributed by atoms with Crippen LogP contribution < -0.4 is 16.4 Å². The Morgan fingerprint density at radius 1 is 0.828 bits per heavy atom. The lowest BCUT2D eigenvalue weighted by molar-refractivity contribution is -0.140. The number of para-hydroxylation sites is 2. The molecule has 6 rings (SSSR count). The van der Waals surface area contributed by atoms with Gasteiger partial charge in [-0.1, -0.05) is 85.6 Å². The van der Waals surface area contributed by atoms with Crippen LogP contribution >= 0.6 is 0 Å². The first-order valence-corrected chi connectivity index (χ1v) is 19.9. The van der Waals surface area contributed by atoms with Crippen molar-refractivity contribution in [3.05, 3.63) is 102 Å². The highest BCUT2D eigenvalue weighted by Crippen LogP contribution is 2.26. The van der Waals surface area contributed by atoms with Crippen molar-refractivity contribution in [2.75, 3.05) is 26.2 Å². The molecule has 0 aliphatic carbocycles. The van der Waals surface area contributed by atoms with E-state index in [4.69, 9.17) is 19.6 Å². The van der Waals surface area contributed by atoms with Gasteiger partial charge in [0.05, 0.1) is 12.6 Å². The van der Waals surface area contributed by atoms with Gasteiger partial charge in [0.1, 0.15) is 36.1 Å². The number of oxazole rings is 1. The highest BCUT2D eigenvalue weighted by Gasteiger charge is 2.45. The summed E-state index contributed by atoms with van der Waals surface area (Å²) in [6.45, 7) is 0.705. The molecule has 4 atom stereocenters. The van der Waals surface area contributed by atoms with Crippen LogP contribution in [0, 0.1) is 0 Å². The number of fused-ring (bicyclic) bond motifs is 1. The smallest absolute Gasteiger partial charge is 0.410 e. The van der Waals surface area contributed by atoms with Gasteiger partial charge in [0.2, 0.25) is 17.6 Å². The van der Waals surface area contributed by atoms with E-state index in [-0.39, 0.29) is 70.0 Å². The quantitative estimate of drug-likeness (QED) is 0.0987. The molecule has 58 heavy (non-hydrogen) atoms. The van der Waals surface area contributed by atoms with Crippen LogP contribution in [0.1, 0.15) is 73.2 Å². The Labute approximate surface area is 336 Å². The third kappa shape index (κ3) is 11.3. The SMILES string of the molecule is NCCCCCC(NC(=O)C1C[C@@H](OC(=O)N2CCC(=O)CC2)CN1C(=O)C(CCc1ccccc1)NC(=O)OCc1ccccc1)C(=O)c1nc2ccccc2o1. The molecule has 3 heterocycles. The Morgan fingerprint density at radius 2 is 1.52 bits per heavy atom. The molecule has 2 aliphatic rings. The lowest BCUT2D eigenvalue weighted by Crippen LogP contribution is -2.55. The molecule has 3 unspecified atom stereocenters. The Bertz CT molecular complexity index is 2000. The number of nitrogens with two attached hydrogens (primary N) is 1. The van der Waals surface area contributed by atoms with Crippen molar-refractivity contribution in [2.24, 2.45) is 5.73 Å². The van der Waals surface area contributed by atoms with Gasteiger partial charge in [0.25, 0.3) is 5.89 Å². The molecule has 15 heteroatoms. The zero-order valence-electron chi connectivity index (χ0n) is 32.4. The highest BCUT2D eigenvalue weighted by atomic mass is 16.6. The minimum Gasteiger partial charge on any atom is -0.445 e. The maximum atomic E-state index is 14.6. The number of likely N-dealkylation sites (tertiary alicyclic amines) is 2. The van der Waals surface area contributed by atoms with Crippen molar-refractivity contribution in [3.63, 3.8) is 0 Å². The molecule has 4 N–H and O–H groups in total. The van der Waals surface area contributed by atoms with Crippen LogP contribution in [0.15, 0.2) is 89.3 Å². The first-order valence-electron chi connectivity index (χ1n) is 19.9. The van der Waals surface area contributed by atoms with E-state index >= 15 is 0 Å². The predicted octanol–water partition coefficient (Wildman–Crippen LogP) is 4.71. The van der Waals surface area contributed by atoms with Crippen LogP contribution in [0.5, 0.6) is 0 Å². The number of amides is 4. The Hall–Kier alpha value is -6.09. The van der Waals surface area contributed by atoms with Gasteiger partial charge < -0.3 is 40.1 Å². The third-order valence-electron chi connectivity index (χ3n) is 10.4. The third-order valence-corrected chi connectivity index (χ3v) is 10.4. The number of aryl methyl sites for hydroxylation is 1. The van der Waals surface area contributed by atoms with Crippen LogP contribution in [0.25, 0.3) is 11.1 Å². The first kappa shape index (κ1) is 41.5. The molecule has 2 fully saturated rings. The van der Waals surface area contributed by atoms with Gasteiger partial charge >= 0.3 is 12.2 Å². The monoisotopic (exact) mass is 794 g/mol. The number of hydrogen-bond donors (Lipinski definition) is 3. The minimum atomic E-state index is -1.18. The summed E-state index contributed by atoms with van der Waals surface area (Å²) >= 11 is 0. The number of rotatable bonds is 17. The number of nitrogens with one attached hydrogen (secondary N) is 2. The number of ether oxygens (including phenoxy) is 2. The van der Waals surface area contributed by atoms with Gasteiger partial charge in [0.15, 0.2) is 5.58 Å². The summed E-state index contributed by atoms with van der Waals surface area (Å²) in [6, 6.07) is 22.1. The average molecular weight is 795 g/mol. The van der Waals surface area contributed by atoms with Crippen molar-refractivity contribution in [1.82, 2.24) is 25.4 Å². The number of Topliss-reactive ketones (excluding diaryl/α,β-unsaturated/α-hetero) is 2. The number of alkyl carbamates (subject to hydrolysis) is 1. The van der Waals surface area contributed by atoms with E-state index in [9.17, 15) is 28.8 Å². The second-order valence-corrected chi connectivity index (χ2v) is 14.6. The van der Waals surface area contributed by atoms with Gasteiger partial charge in [-0.25, -0.2) is 14.6 Å². The lowest BCUT2D eigenvalue weighted by atomic mass is 10.0. The van der Waals surface area contributed by atoms with Crippen molar-refractivity contribution >= 4 is 46.7 Å². The van der Waals surface area contributed by atoms with Crippen molar-refractivity contribution < 1.29 is 42.7 Å². The number of benzene rings is 3. The molecule has 0 radical (unpaired) electrons. The van der Waals surface area contributed by atoms with Gasteiger partial charge in [-0.2, -0.15) is 0 Å². The standard InChI is InChI=1S/C43H50N6O9/c44-23-11-3-8-17-34(38(51)40-46-33-16-9-10-18-37(33)58-40)45-39(52)36-26-32(57-43(55)48-24-21-31(50)22-25-48)27-49(36)41(53)35(20-19-29-12-4-1-5-13-29)47-42(54)56-28-30-14-6-2-7-15-30/h1-2,4-7,9-10,12-16,18,32,34-36H,3,8,11,17,19-28,44H2,(H,45,52)(H,47,54)/t32-,34?,35?,36?/m1/s1. The van der Waals surface area contributed by atoms with Gasteiger partial charge in [-0.15, -0.1) is 0 Å². The van der Waals surface area contributed by atoms with Crippen LogP contribution in [0.4, 0.5) is 9.59 Å². The molecule has 4 aromatic rings. The van der Waals surface area contributed by atoms with E-state index in [2.05, 4.69) is 15.6 Å². The fourth-order valence-electron chi connectivity index (χ4n) is 7.18. The number of unbranched alkanes of at least 4 members (excludes halogenated alkanes) is 2. The minimum absolute atomic E-state index is 0.0259. The van der Waals surface area contributed by atoms with Crippen molar-refractivity contribution in [3.8, 4) is 0 Å². The molecule has 0 bridgehead atoms. The topological polar surface area (TPSA) is 203 Å². The van der Waals surface area contributed by atoms with Gasteiger partial charge in [0, 0.05) is 32.4 Å². The Morgan fingerprint density at radius 3 is 2.22 bits per heavy atom. The molecule has 0 saturated carbocycles. The highest BCUT2D eigenvalue weighted by molar-refractivity contribution is 6.01. The number of piperidine rings is 1. The number of aromatic nitrogens is 1. The summed E-state index contributed by atoms with van der Waals surface area (Å²) in [7, 11) is 0. The van der Waals surface area contributed by atoms with E-state index in [0.717, 1.165) is 17.5 Å². The van der Waals surface area contributed by atoms with Gasteiger partial charge in [-0.3, -0.25) is 19.2 Å². The summed E-state index contributed by atoms with van der Waals surface area (Å²) in [5.74, 6) is -1.85. The number of carbonyl (C=O) groups excluding carboxylic acids is 6. The zero-order chi connectivity index (χ0) is 40.9. The fraction of sp³-hybridized carbons (Fsp3) is 0.419. The first-order chi connectivity index (χ1) is 28.2. The Kier molecular flexibility index (Phi) is 14.6. The molecule has 2 aliphatic heterocycles. The molecule has 4 amide bonds. The number of hydrogen-bond acceptors (Lipinski definition) is 11. The molecule has 2 saturated heterocycles. The molecular formula is C43H50N6O9. The predicted molar refractivity (Wildman–Crippen MR) is 212 cm³/mol. The van der Waals surface area contributed by atoms with Crippen molar-refractivity contribution in [2.45, 2.75) is 88.6 Å². The lowest BCUT2D eigenvalue weighted by Gasteiger charge is -2.29. The average Bonchev–Trinajstić information content (AvgIpc) is 3.88. The molecule has 0 spiro atoms. The maximum Gasteiger partial charge on any atom is 0.410 e. The maximum absolute atomic E-state index is 14.6. The van der Waals surface area contributed by atoms with Crippen LogP contribution in [0.2, 0.25) is 0 Å². The van der Waals surface area contributed by atoms with Crippen LogP contribution in [-0.2, 0) is 36.9 Å². The van der Waals surface area contributed by atoms with E-state index in [1.807, 2.05) is 60.7 Å². The van der Waals surface area contributed by atoms with E-state index in [1.54, 1.807) is 24.3 Å². The molecular weight excluding hydrogens is 745 g/mol. The summed E-state index contributed by atoms with van der Waals surface area (Å²) in [5, 5.41) is 5.59. The molecule has 306 valence electrons.